The molecule has 0 spiro atoms. The molecule has 0 unspecified atom stereocenters. The normalized spacial score (nSPS) is 28.1. The molecule has 4 heterocycles. The summed E-state index contributed by atoms with van der Waals surface area (Å²) in [6.45, 7) is 5.10. The van der Waals surface area contributed by atoms with Crippen LogP contribution >= 0.6 is 0 Å². The Bertz CT molecular complexity index is 631. The summed E-state index contributed by atoms with van der Waals surface area (Å²) in [5, 5.41) is 0. The van der Waals surface area contributed by atoms with Crippen molar-refractivity contribution in [1.29, 1.82) is 0 Å². The Morgan fingerprint density at radius 1 is 1.25 bits per heavy atom. The van der Waals surface area contributed by atoms with Crippen molar-refractivity contribution in [2.24, 2.45) is 5.92 Å². The first-order valence-electron chi connectivity index (χ1n) is 8.74. The average Bonchev–Trinajstić information content (AvgIpc) is 3.26. The number of methoxy groups -OCH3 is 1. The number of piperidine rings is 1. The minimum atomic E-state index is 0.363. The van der Waals surface area contributed by atoms with Gasteiger partial charge in [0.05, 0.1) is 18.9 Å². The zero-order valence-electron chi connectivity index (χ0n) is 14.2. The summed E-state index contributed by atoms with van der Waals surface area (Å²) < 4.78 is 11.3. The number of likely N-dealkylation sites (tertiary alicyclic amines) is 2. The van der Waals surface area contributed by atoms with Crippen LogP contribution in [0, 0.1) is 5.92 Å². The third kappa shape index (κ3) is 3.24. The highest BCUT2D eigenvalue weighted by Gasteiger charge is 2.44. The maximum absolute atomic E-state index is 5.80. The van der Waals surface area contributed by atoms with Gasteiger partial charge < -0.3 is 9.15 Å². The van der Waals surface area contributed by atoms with Gasteiger partial charge in [-0.2, -0.15) is 0 Å². The van der Waals surface area contributed by atoms with Crippen molar-refractivity contribution in [2.75, 3.05) is 26.7 Å². The van der Waals surface area contributed by atoms with Crippen LogP contribution in [0.15, 0.2) is 47.3 Å². The first kappa shape index (κ1) is 15.8. The number of furan rings is 1. The van der Waals surface area contributed by atoms with Crippen LogP contribution in [0.5, 0.6) is 0 Å². The molecule has 0 bridgehead atoms. The van der Waals surface area contributed by atoms with Crippen LogP contribution in [0.3, 0.4) is 0 Å². The van der Waals surface area contributed by atoms with Crippen molar-refractivity contribution < 1.29 is 9.15 Å². The van der Waals surface area contributed by atoms with Gasteiger partial charge in [0.2, 0.25) is 0 Å². The average molecular weight is 327 g/mol. The summed E-state index contributed by atoms with van der Waals surface area (Å²) in [5.74, 6) is 1.61. The molecule has 0 N–H and O–H groups in total. The monoisotopic (exact) mass is 327 g/mol. The molecule has 24 heavy (non-hydrogen) atoms. The summed E-state index contributed by atoms with van der Waals surface area (Å²) in [6.07, 6.45) is 7.04. The lowest BCUT2D eigenvalue weighted by molar-refractivity contribution is -0.0245. The molecule has 4 rings (SSSR count). The van der Waals surface area contributed by atoms with E-state index in [0.717, 1.165) is 44.9 Å². The number of pyridine rings is 1. The Balaban J connectivity index is 1.47. The molecule has 5 heteroatoms. The number of ether oxygens (including phenoxy) is 1. The van der Waals surface area contributed by atoms with Gasteiger partial charge >= 0.3 is 0 Å². The van der Waals surface area contributed by atoms with Crippen LogP contribution in [0.2, 0.25) is 0 Å². The summed E-state index contributed by atoms with van der Waals surface area (Å²) in [4.78, 5) is 9.37. The second-order valence-electron chi connectivity index (χ2n) is 6.90. The van der Waals surface area contributed by atoms with Crippen molar-refractivity contribution in [1.82, 2.24) is 14.8 Å². The highest BCUT2D eigenvalue weighted by Crippen LogP contribution is 2.34. The SMILES string of the molecule is CO[C@H]1CCN(Cc2cccnc2)[C@@H]2CN(Cc3ccco3)C[C@H]12. The standard InChI is InChI=1S/C19H25N3O2/c1-23-19-6-8-22(11-15-4-2-7-20-10-15)18-14-21(13-17(18)19)12-16-5-3-9-24-16/h2-5,7,9-10,17-19H,6,8,11-14H2,1H3/t17-,18+,19-/m0/s1. The fraction of sp³-hybridized carbons (Fsp3) is 0.526. The topological polar surface area (TPSA) is 41.7 Å². The van der Waals surface area contributed by atoms with Crippen LogP contribution in [0.1, 0.15) is 17.7 Å². The van der Waals surface area contributed by atoms with E-state index in [4.69, 9.17) is 9.15 Å². The van der Waals surface area contributed by atoms with Gasteiger partial charge in [-0.1, -0.05) is 6.07 Å². The predicted molar refractivity (Wildman–Crippen MR) is 91.3 cm³/mol. The van der Waals surface area contributed by atoms with Crippen molar-refractivity contribution in [2.45, 2.75) is 31.7 Å². The van der Waals surface area contributed by atoms with E-state index >= 15 is 0 Å². The van der Waals surface area contributed by atoms with Gasteiger partial charge in [0.1, 0.15) is 5.76 Å². The van der Waals surface area contributed by atoms with Gasteiger partial charge in [0, 0.05) is 57.6 Å². The molecule has 2 aliphatic heterocycles. The molecule has 2 fully saturated rings. The zero-order chi connectivity index (χ0) is 16.4. The molecule has 2 aromatic rings. The van der Waals surface area contributed by atoms with Crippen LogP contribution < -0.4 is 0 Å². The Morgan fingerprint density at radius 2 is 2.21 bits per heavy atom. The van der Waals surface area contributed by atoms with E-state index in [0.29, 0.717) is 18.1 Å². The molecule has 2 aromatic heterocycles. The third-order valence-corrected chi connectivity index (χ3v) is 5.43. The molecule has 2 aliphatic rings. The van der Waals surface area contributed by atoms with Crippen LogP contribution in [-0.2, 0) is 17.8 Å². The Morgan fingerprint density at radius 3 is 2.96 bits per heavy atom. The lowest BCUT2D eigenvalue weighted by Crippen LogP contribution is -2.50. The van der Waals surface area contributed by atoms with Crippen molar-refractivity contribution >= 4 is 0 Å². The van der Waals surface area contributed by atoms with Crippen LogP contribution in [0.4, 0.5) is 0 Å². The number of hydrogen-bond acceptors (Lipinski definition) is 5. The van der Waals surface area contributed by atoms with Crippen molar-refractivity contribution in [3.05, 3.63) is 54.2 Å². The van der Waals surface area contributed by atoms with E-state index in [1.54, 1.807) is 6.26 Å². The first-order valence-corrected chi connectivity index (χ1v) is 8.74. The molecule has 128 valence electrons. The zero-order valence-corrected chi connectivity index (χ0v) is 14.2. The molecular formula is C19H25N3O2. The molecule has 2 saturated heterocycles. The maximum Gasteiger partial charge on any atom is 0.117 e. The number of rotatable bonds is 5. The van der Waals surface area contributed by atoms with Crippen LogP contribution in [0.25, 0.3) is 0 Å². The Kier molecular flexibility index (Phi) is 4.65. The van der Waals surface area contributed by atoms with E-state index in [-0.39, 0.29) is 0 Å². The third-order valence-electron chi connectivity index (χ3n) is 5.43. The van der Waals surface area contributed by atoms with E-state index < -0.39 is 0 Å². The second kappa shape index (κ2) is 7.05. The van der Waals surface area contributed by atoms with Crippen molar-refractivity contribution in [3.63, 3.8) is 0 Å². The van der Waals surface area contributed by atoms with Crippen LogP contribution in [-0.4, -0.2) is 53.7 Å². The molecule has 0 amide bonds. The van der Waals surface area contributed by atoms with E-state index in [2.05, 4.69) is 26.9 Å². The van der Waals surface area contributed by atoms with Gasteiger partial charge in [0.25, 0.3) is 0 Å². The lowest BCUT2D eigenvalue weighted by atomic mass is 9.88. The molecule has 5 nitrogen and oxygen atoms in total. The number of aromatic nitrogens is 1. The lowest BCUT2D eigenvalue weighted by Gasteiger charge is -2.41. The van der Waals surface area contributed by atoms with Gasteiger partial charge in [-0.05, 0) is 30.2 Å². The minimum Gasteiger partial charge on any atom is -0.468 e. The molecule has 0 saturated carbocycles. The minimum absolute atomic E-state index is 0.363. The van der Waals surface area contributed by atoms with Gasteiger partial charge in [-0.25, -0.2) is 0 Å². The molecule has 3 atom stereocenters. The number of fused-ring (bicyclic) bond motifs is 1. The summed E-state index contributed by atoms with van der Waals surface area (Å²) in [6, 6.07) is 8.75. The van der Waals surface area contributed by atoms with E-state index in [1.165, 1.54) is 5.56 Å². The summed E-state index contributed by atoms with van der Waals surface area (Å²) in [7, 11) is 1.85. The Hall–Kier alpha value is -1.69. The smallest absolute Gasteiger partial charge is 0.117 e. The van der Waals surface area contributed by atoms with Gasteiger partial charge in [0.15, 0.2) is 0 Å². The first-order chi connectivity index (χ1) is 11.8. The summed E-state index contributed by atoms with van der Waals surface area (Å²) in [5.41, 5.74) is 1.29. The second-order valence-corrected chi connectivity index (χ2v) is 6.90. The maximum atomic E-state index is 5.80. The molecule has 0 radical (unpaired) electrons. The van der Waals surface area contributed by atoms with Gasteiger partial charge in [-0.3, -0.25) is 14.8 Å². The van der Waals surface area contributed by atoms with E-state index in [1.807, 2.05) is 31.6 Å². The fourth-order valence-corrected chi connectivity index (χ4v) is 4.29. The Labute approximate surface area is 143 Å². The number of nitrogens with zero attached hydrogens (tertiary/aromatic N) is 3. The predicted octanol–water partition coefficient (Wildman–Crippen LogP) is 2.40. The molecule has 0 aliphatic carbocycles. The number of hydrogen-bond donors (Lipinski definition) is 0. The largest absolute Gasteiger partial charge is 0.468 e. The summed E-state index contributed by atoms with van der Waals surface area (Å²) >= 11 is 0. The fourth-order valence-electron chi connectivity index (χ4n) is 4.29. The molecular weight excluding hydrogens is 302 g/mol. The highest BCUT2D eigenvalue weighted by molar-refractivity contribution is 5.10. The quantitative estimate of drug-likeness (QED) is 0.843. The highest BCUT2D eigenvalue weighted by atomic mass is 16.5. The van der Waals surface area contributed by atoms with Gasteiger partial charge in [-0.15, -0.1) is 0 Å². The molecule has 0 aromatic carbocycles. The van der Waals surface area contributed by atoms with Crippen molar-refractivity contribution in [3.8, 4) is 0 Å². The van der Waals surface area contributed by atoms with E-state index in [9.17, 15) is 0 Å².